The Morgan fingerprint density at radius 2 is 2.16 bits per heavy atom. The average Bonchev–Trinajstić information content (AvgIpc) is 3.30. The topological polar surface area (TPSA) is 88.6 Å². The highest BCUT2D eigenvalue weighted by molar-refractivity contribution is 6.38. The van der Waals surface area contributed by atoms with Crippen LogP contribution in [0.1, 0.15) is 29.2 Å². The third-order valence-corrected chi connectivity index (χ3v) is 5.09. The van der Waals surface area contributed by atoms with Crippen LogP contribution < -0.4 is 16.1 Å². The lowest BCUT2D eigenvalue weighted by Crippen LogP contribution is -2.27. The van der Waals surface area contributed by atoms with Crippen molar-refractivity contribution in [2.45, 2.75) is 24.9 Å². The first-order valence-electron chi connectivity index (χ1n) is 8.02. The Hall–Kier alpha value is -2.12. The van der Waals surface area contributed by atoms with E-state index < -0.39 is 17.2 Å². The smallest absolute Gasteiger partial charge is 0.341 e. The normalized spacial score (nSPS) is 20.4. The number of halogens is 2. The van der Waals surface area contributed by atoms with Crippen LogP contribution in [0.25, 0.3) is 10.9 Å². The van der Waals surface area contributed by atoms with E-state index in [2.05, 4.69) is 0 Å². The highest BCUT2D eigenvalue weighted by Gasteiger charge is 2.30. The first kappa shape index (κ1) is 16.4. The number of aromatic carboxylic acids is 1. The summed E-state index contributed by atoms with van der Waals surface area (Å²) in [5.74, 6) is -1.98. The van der Waals surface area contributed by atoms with E-state index in [-0.39, 0.29) is 33.7 Å². The van der Waals surface area contributed by atoms with Crippen molar-refractivity contribution in [3.05, 3.63) is 45.3 Å². The summed E-state index contributed by atoms with van der Waals surface area (Å²) in [6, 6.07) is 0.990. The Morgan fingerprint density at radius 3 is 2.72 bits per heavy atom. The number of carbonyl (C=O) groups is 1. The molecule has 6 nitrogen and oxygen atoms in total. The van der Waals surface area contributed by atoms with Crippen LogP contribution in [-0.2, 0) is 0 Å². The fourth-order valence-electron chi connectivity index (χ4n) is 3.36. The molecular formula is C17H16ClFN3O3-. The SMILES string of the molecule is N[C@@H]1[CH-]CN(c2c(F)cc3c(=O)c(C(=O)O)cn(C4CC4)c3c2Cl)C1. The molecule has 0 radical (unpaired) electrons. The molecule has 2 heterocycles. The Labute approximate surface area is 147 Å². The molecule has 1 atom stereocenters. The largest absolute Gasteiger partial charge is 0.477 e. The molecule has 2 aliphatic rings. The van der Waals surface area contributed by atoms with E-state index >= 15 is 0 Å². The maximum Gasteiger partial charge on any atom is 0.341 e. The maximum absolute atomic E-state index is 14.7. The number of pyridine rings is 1. The summed E-state index contributed by atoms with van der Waals surface area (Å²) in [5, 5.41) is 9.40. The average molecular weight is 365 g/mol. The number of anilines is 1. The summed E-state index contributed by atoms with van der Waals surface area (Å²) in [6.07, 6.45) is 4.91. The van der Waals surface area contributed by atoms with Gasteiger partial charge >= 0.3 is 5.97 Å². The fourth-order valence-corrected chi connectivity index (χ4v) is 3.77. The summed E-state index contributed by atoms with van der Waals surface area (Å²) in [6.45, 7) is 0.896. The van der Waals surface area contributed by atoms with E-state index in [1.54, 1.807) is 9.47 Å². The predicted molar refractivity (Wildman–Crippen MR) is 92.9 cm³/mol. The third-order valence-electron chi connectivity index (χ3n) is 4.73. The van der Waals surface area contributed by atoms with Crippen LogP contribution in [0.3, 0.4) is 0 Å². The van der Waals surface area contributed by atoms with E-state index in [9.17, 15) is 19.1 Å². The van der Waals surface area contributed by atoms with Crippen molar-refractivity contribution >= 4 is 34.2 Å². The van der Waals surface area contributed by atoms with Gasteiger partial charge in [-0.15, -0.1) is 12.6 Å². The van der Waals surface area contributed by atoms with Crippen LogP contribution in [0.5, 0.6) is 0 Å². The van der Waals surface area contributed by atoms with Gasteiger partial charge in [0.25, 0.3) is 0 Å². The van der Waals surface area contributed by atoms with Crippen LogP contribution in [0.2, 0.25) is 5.02 Å². The van der Waals surface area contributed by atoms with Crippen molar-refractivity contribution in [3.63, 3.8) is 0 Å². The van der Waals surface area contributed by atoms with Gasteiger partial charge in [-0.2, -0.15) is 0 Å². The molecule has 1 aromatic heterocycles. The summed E-state index contributed by atoms with van der Waals surface area (Å²) in [7, 11) is 0. The highest BCUT2D eigenvalue weighted by Crippen LogP contribution is 2.42. The van der Waals surface area contributed by atoms with Gasteiger partial charge in [0.2, 0.25) is 5.43 Å². The molecule has 0 bridgehead atoms. The molecular weight excluding hydrogens is 349 g/mol. The van der Waals surface area contributed by atoms with E-state index in [1.807, 2.05) is 6.42 Å². The summed E-state index contributed by atoms with van der Waals surface area (Å²) in [5.41, 5.74) is 5.35. The van der Waals surface area contributed by atoms with Crippen molar-refractivity contribution < 1.29 is 14.3 Å². The molecule has 1 aromatic carbocycles. The van der Waals surface area contributed by atoms with Crippen molar-refractivity contribution in [1.29, 1.82) is 0 Å². The van der Waals surface area contributed by atoms with Gasteiger partial charge in [0.15, 0.2) is 0 Å². The van der Waals surface area contributed by atoms with Gasteiger partial charge in [0, 0.05) is 18.8 Å². The van der Waals surface area contributed by atoms with Gasteiger partial charge in [0.1, 0.15) is 11.4 Å². The van der Waals surface area contributed by atoms with Crippen molar-refractivity contribution in [1.82, 2.24) is 4.57 Å². The standard InChI is InChI=1S/C17H16ClFN3O3/c18-13-14-10(5-12(19)15(13)21-4-3-8(20)6-21)16(23)11(17(24)25)7-22(14)9-1-2-9/h3,5,7-9H,1-2,4,6,20H2,(H,24,25)/q-1/t8-/m1/s1. The summed E-state index contributed by atoms with van der Waals surface area (Å²) < 4.78 is 16.4. The second kappa shape index (κ2) is 5.71. The number of fused-ring (bicyclic) bond motifs is 1. The molecule has 1 aliphatic heterocycles. The molecule has 2 fully saturated rings. The zero-order valence-electron chi connectivity index (χ0n) is 13.2. The molecule has 8 heteroatoms. The third kappa shape index (κ3) is 2.58. The first-order valence-corrected chi connectivity index (χ1v) is 8.40. The lowest BCUT2D eigenvalue weighted by Gasteiger charge is -2.25. The molecule has 0 amide bonds. The second-order valence-corrected chi connectivity index (χ2v) is 6.92. The molecule has 132 valence electrons. The minimum atomic E-state index is -1.33. The molecule has 25 heavy (non-hydrogen) atoms. The van der Waals surface area contributed by atoms with Gasteiger partial charge in [0.05, 0.1) is 21.6 Å². The van der Waals surface area contributed by atoms with Crippen LogP contribution >= 0.6 is 11.6 Å². The molecule has 1 saturated carbocycles. The van der Waals surface area contributed by atoms with Crippen molar-refractivity contribution in [3.8, 4) is 0 Å². The van der Waals surface area contributed by atoms with Crippen molar-refractivity contribution in [2.24, 2.45) is 5.73 Å². The predicted octanol–water partition coefficient (Wildman–Crippen LogP) is 2.18. The number of carboxylic acid groups (broad SMARTS) is 1. The molecule has 0 unspecified atom stereocenters. The van der Waals surface area contributed by atoms with Crippen LogP contribution in [-0.4, -0.2) is 34.8 Å². The van der Waals surface area contributed by atoms with E-state index in [1.165, 1.54) is 6.20 Å². The number of hydrogen-bond donors (Lipinski definition) is 2. The first-order chi connectivity index (χ1) is 11.9. The van der Waals surface area contributed by atoms with Gasteiger partial charge in [-0.25, -0.2) is 9.18 Å². The number of nitrogens with two attached hydrogens (primary N) is 1. The number of carboxylic acids is 1. The molecule has 1 saturated heterocycles. The quantitative estimate of drug-likeness (QED) is 0.815. The number of nitrogens with zero attached hydrogens (tertiary/aromatic N) is 2. The second-order valence-electron chi connectivity index (χ2n) is 6.54. The molecule has 4 rings (SSSR count). The number of rotatable bonds is 3. The monoisotopic (exact) mass is 364 g/mol. The van der Waals surface area contributed by atoms with E-state index in [0.717, 1.165) is 18.9 Å². The Balaban J connectivity index is 2.03. The van der Waals surface area contributed by atoms with E-state index in [0.29, 0.717) is 18.6 Å². The lowest BCUT2D eigenvalue weighted by atomic mass is 10.1. The minimum Gasteiger partial charge on any atom is -0.477 e. The fraction of sp³-hybridized carbons (Fsp3) is 0.353. The summed E-state index contributed by atoms with van der Waals surface area (Å²) >= 11 is 6.51. The maximum atomic E-state index is 14.7. The van der Waals surface area contributed by atoms with Gasteiger partial charge in [-0.1, -0.05) is 11.6 Å². The molecule has 0 spiro atoms. The van der Waals surface area contributed by atoms with Crippen LogP contribution in [0.15, 0.2) is 17.1 Å². The summed E-state index contributed by atoms with van der Waals surface area (Å²) in [4.78, 5) is 25.6. The van der Waals surface area contributed by atoms with E-state index in [4.69, 9.17) is 17.3 Å². The Morgan fingerprint density at radius 1 is 1.44 bits per heavy atom. The van der Waals surface area contributed by atoms with Gasteiger partial charge < -0.3 is 20.3 Å². The molecule has 3 N–H and O–H groups in total. The minimum absolute atomic E-state index is 0.00877. The van der Waals surface area contributed by atoms with Crippen molar-refractivity contribution in [2.75, 3.05) is 18.0 Å². The number of benzene rings is 1. The Bertz CT molecular complexity index is 955. The number of aromatic nitrogens is 1. The Kier molecular flexibility index (Phi) is 3.73. The lowest BCUT2D eigenvalue weighted by molar-refractivity contribution is 0.0695. The highest BCUT2D eigenvalue weighted by atomic mass is 35.5. The molecule has 1 aliphatic carbocycles. The van der Waals surface area contributed by atoms with Gasteiger partial charge in [-0.3, -0.25) is 11.2 Å². The zero-order chi connectivity index (χ0) is 17.9. The molecule has 2 aromatic rings. The zero-order valence-corrected chi connectivity index (χ0v) is 14.0. The van der Waals surface area contributed by atoms with Crippen LogP contribution in [0.4, 0.5) is 10.1 Å². The van der Waals surface area contributed by atoms with Crippen LogP contribution in [0, 0.1) is 12.2 Å². The number of hydrogen-bond acceptors (Lipinski definition) is 4. The van der Waals surface area contributed by atoms with Gasteiger partial charge in [-0.05, 0) is 18.9 Å².